The number of ether oxygens (including phenoxy) is 1. The minimum Gasteiger partial charge on any atom is -0.491 e. The average Bonchev–Trinajstić information content (AvgIpc) is 2.89. The van der Waals surface area contributed by atoms with Gasteiger partial charge in [-0.1, -0.05) is 86.2 Å². The van der Waals surface area contributed by atoms with Crippen molar-refractivity contribution in [1.29, 1.82) is 0 Å². The van der Waals surface area contributed by atoms with Gasteiger partial charge in [0.1, 0.15) is 0 Å². The number of hydrogen-bond acceptors (Lipinski definition) is 1. The second kappa shape index (κ2) is 11.3. The molecule has 4 rings (SSSR count). The lowest BCUT2D eigenvalue weighted by Gasteiger charge is -2.09. The predicted molar refractivity (Wildman–Crippen MR) is 138 cm³/mol. The van der Waals surface area contributed by atoms with E-state index in [0.29, 0.717) is 16.7 Å². The third kappa shape index (κ3) is 5.35. The van der Waals surface area contributed by atoms with Gasteiger partial charge in [-0.3, -0.25) is 0 Å². The lowest BCUT2D eigenvalue weighted by atomic mass is 9.99. The zero-order valence-electron chi connectivity index (χ0n) is 20.1. The number of benzene rings is 4. The van der Waals surface area contributed by atoms with E-state index in [9.17, 15) is 17.6 Å². The molecule has 0 saturated heterocycles. The van der Waals surface area contributed by atoms with E-state index in [1.165, 1.54) is 24.3 Å². The molecule has 0 saturated carbocycles. The molecule has 0 fully saturated rings. The second-order valence-electron chi connectivity index (χ2n) is 8.40. The summed E-state index contributed by atoms with van der Waals surface area (Å²) in [4.78, 5) is 0. The largest absolute Gasteiger partial charge is 0.491 e. The van der Waals surface area contributed by atoms with Gasteiger partial charge in [-0.15, -0.1) is 0 Å². The van der Waals surface area contributed by atoms with Crippen molar-refractivity contribution in [2.75, 3.05) is 6.61 Å². The molecule has 0 amide bonds. The summed E-state index contributed by atoms with van der Waals surface area (Å²) < 4.78 is 63.4. The smallest absolute Gasteiger partial charge is 0.201 e. The van der Waals surface area contributed by atoms with E-state index < -0.39 is 23.3 Å². The summed E-state index contributed by atoms with van der Waals surface area (Å²) in [6.07, 6.45) is 5.08. The topological polar surface area (TPSA) is 9.23 Å². The highest BCUT2D eigenvalue weighted by molar-refractivity contribution is 5.74. The van der Waals surface area contributed by atoms with Crippen molar-refractivity contribution in [3.8, 4) is 28.0 Å². The first-order chi connectivity index (χ1) is 17.4. The second-order valence-corrected chi connectivity index (χ2v) is 8.40. The maximum Gasteiger partial charge on any atom is 0.201 e. The van der Waals surface area contributed by atoms with Crippen LogP contribution in [-0.4, -0.2) is 6.61 Å². The molecule has 4 aromatic rings. The molecule has 0 atom stereocenters. The molecule has 0 bridgehead atoms. The van der Waals surface area contributed by atoms with E-state index in [1.54, 1.807) is 55.5 Å². The highest BCUT2D eigenvalue weighted by Gasteiger charge is 2.16. The van der Waals surface area contributed by atoms with Crippen LogP contribution in [0.15, 0.2) is 72.8 Å². The average molecular weight is 491 g/mol. The summed E-state index contributed by atoms with van der Waals surface area (Å²) in [5.41, 5.74) is 3.39. The fourth-order valence-electron chi connectivity index (χ4n) is 4.04. The van der Waals surface area contributed by atoms with Crippen LogP contribution in [0.25, 0.3) is 34.4 Å². The first-order valence-corrected chi connectivity index (χ1v) is 11.9. The third-order valence-corrected chi connectivity index (χ3v) is 5.94. The Hall–Kier alpha value is -3.86. The first kappa shape index (κ1) is 25.2. The summed E-state index contributed by atoms with van der Waals surface area (Å²) in [7, 11) is 0. The molecule has 0 unspecified atom stereocenters. The molecule has 184 valence electrons. The lowest BCUT2D eigenvalue weighted by Crippen LogP contribution is -1.98. The van der Waals surface area contributed by atoms with Gasteiger partial charge in [0.2, 0.25) is 5.82 Å². The van der Waals surface area contributed by atoms with Gasteiger partial charge in [-0.05, 0) is 47.7 Å². The van der Waals surface area contributed by atoms with Gasteiger partial charge < -0.3 is 4.74 Å². The molecule has 0 heterocycles. The van der Waals surface area contributed by atoms with Crippen molar-refractivity contribution >= 4 is 12.2 Å². The van der Waals surface area contributed by atoms with Gasteiger partial charge in [0, 0.05) is 16.7 Å². The fourth-order valence-corrected chi connectivity index (χ4v) is 4.04. The van der Waals surface area contributed by atoms with Crippen LogP contribution in [-0.2, 0) is 6.42 Å². The molecule has 0 aliphatic rings. The summed E-state index contributed by atoms with van der Waals surface area (Å²) in [6.45, 7) is 4.01. The molecular weight excluding hydrogens is 464 g/mol. The van der Waals surface area contributed by atoms with Gasteiger partial charge in [-0.25, -0.2) is 13.2 Å². The van der Waals surface area contributed by atoms with Gasteiger partial charge in [0.25, 0.3) is 0 Å². The van der Waals surface area contributed by atoms with E-state index >= 15 is 0 Å². The Bertz CT molecular complexity index is 1370. The van der Waals surface area contributed by atoms with E-state index in [-0.39, 0.29) is 29.0 Å². The number of halogens is 4. The Morgan fingerprint density at radius 1 is 0.611 bits per heavy atom. The number of rotatable bonds is 8. The van der Waals surface area contributed by atoms with E-state index in [1.807, 2.05) is 12.1 Å². The SMILES string of the molecule is CCCc1ccc(-c2ccc(/C=C/c3ccc(-c4ccc(OCC)c(F)c4F)cc3)c(F)c2F)cc1. The zero-order chi connectivity index (χ0) is 25.7. The van der Waals surface area contributed by atoms with Gasteiger partial charge in [0.05, 0.1) is 6.61 Å². The summed E-state index contributed by atoms with van der Waals surface area (Å²) in [6, 6.07) is 20.1. The van der Waals surface area contributed by atoms with E-state index in [0.717, 1.165) is 18.4 Å². The van der Waals surface area contributed by atoms with Crippen molar-refractivity contribution in [2.45, 2.75) is 26.7 Å². The molecule has 0 radical (unpaired) electrons. The Morgan fingerprint density at radius 3 is 1.81 bits per heavy atom. The van der Waals surface area contributed by atoms with Crippen LogP contribution in [0.5, 0.6) is 5.75 Å². The summed E-state index contributed by atoms with van der Waals surface area (Å²) in [5.74, 6) is -3.97. The molecule has 4 aromatic carbocycles. The van der Waals surface area contributed by atoms with Crippen LogP contribution in [0.3, 0.4) is 0 Å². The molecule has 0 N–H and O–H groups in total. The molecule has 0 spiro atoms. The number of aryl methyl sites for hydroxylation is 1. The van der Waals surface area contributed by atoms with Crippen LogP contribution in [0.4, 0.5) is 17.6 Å². The molecule has 0 aromatic heterocycles. The van der Waals surface area contributed by atoms with E-state index in [2.05, 4.69) is 6.92 Å². The van der Waals surface area contributed by atoms with Crippen molar-refractivity contribution < 1.29 is 22.3 Å². The highest BCUT2D eigenvalue weighted by atomic mass is 19.2. The molecule has 36 heavy (non-hydrogen) atoms. The molecule has 5 heteroatoms. The van der Waals surface area contributed by atoms with Crippen LogP contribution in [0.1, 0.15) is 37.0 Å². The summed E-state index contributed by atoms with van der Waals surface area (Å²) >= 11 is 0. The maximum absolute atomic E-state index is 14.8. The monoisotopic (exact) mass is 490 g/mol. The Balaban J connectivity index is 1.53. The van der Waals surface area contributed by atoms with Crippen LogP contribution in [0, 0.1) is 23.3 Å². The first-order valence-electron chi connectivity index (χ1n) is 11.9. The Morgan fingerprint density at radius 2 is 1.19 bits per heavy atom. The minimum atomic E-state index is -1.03. The van der Waals surface area contributed by atoms with Crippen molar-refractivity contribution in [2.24, 2.45) is 0 Å². The normalized spacial score (nSPS) is 11.3. The van der Waals surface area contributed by atoms with Gasteiger partial charge >= 0.3 is 0 Å². The van der Waals surface area contributed by atoms with Crippen LogP contribution >= 0.6 is 0 Å². The minimum absolute atomic E-state index is 0.109. The van der Waals surface area contributed by atoms with Crippen molar-refractivity contribution in [3.05, 3.63) is 113 Å². The number of hydrogen-bond donors (Lipinski definition) is 0. The summed E-state index contributed by atoms with van der Waals surface area (Å²) in [5, 5.41) is 0. The van der Waals surface area contributed by atoms with Crippen LogP contribution in [0.2, 0.25) is 0 Å². The molecular formula is C31H26F4O. The van der Waals surface area contributed by atoms with Crippen LogP contribution < -0.4 is 4.74 Å². The molecule has 0 aliphatic heterocycles. The fraction of sp³-hybridized carbons (Fsp3) is 0.161. The zero-order valence-corrected chi connectivity index (χ0v) is 20.1. The van der Waals surface area contributed by atoms with E-state index in [4.69, 9.17) is 4.74 Å². The molecule has 0 aliphatic carbocycles. The molecule has 1 nitrogen and oxygen atoms in total. The standard InChI is InChI=1S/C31H26F4O/c1-3-5-20-6-11-22(12-7-20)25-17-16-24(28(32)29(25)33)15-10-21-8-13-23(14-9-21)26-18-19-27(36-4-2)31(35)30(26)34/h6-19H,3-5H2,1-2H3/b15-10+. The quantitative estimate of drug-likeness (QED) is 0.177. The van der Waals surface area contributed by atoms with Crippen molar-refractivity contribution in [3.63, 3.8) is 0 Å². The lowest BCUT2D eigenvalue weighted by molar-refractivity contribution is 0.314. The highest BCUT2D eigenvalue weighted by Crippen LogP contribution is 2.31. The maximum atomic E-state index is 14.8. The van der Waals surface area contributed by atoms with Crippen molar-refractivity contribution in [1.82, 2.24) is 0 Å². The third-order valence-electron chi connectivity index (χ3n) is 5.94. The predicted octanol–water partition coefficient (Wildman–Crippen LogP) is 9.10. The Kier molecular flexibility index (Phi) is 7.89. The van der Waals surface area contributed by atoms with Gasteiger partial charge in [-0.2, -0.15) is 4.39 Å². The van der Waals surface area contributed by atoms with Gasteiger partial charge in [0.15, 0.2) is 23.2 Å². The Labute approximate surface area is 208 Å².